The lowest BCUT2D eigenvalue weighted by Crippen LogP contribution is -2.13. The van der Waals surface area contributed by atoms with E-state index in [1.807, 2.05) is 48.5 Å². The molecule has 0 amide bonds. The highest BCUT2D eigenvalue weighted by Gasteiger charge is 2.21. The van der Waals surface area contributed by atoms with Crippen LogP contribution >= 0.6 is 0 Å². The molecule has 2 aromatic rings. The quantitative estimate of drug-likeness (QED) is 0.861. The molecular weight excluding hydrogens is 264 g/mol. The van der Waals surface area contributed by atoms with E-state index in [0.29, 0.717) is 17.9 Å². The van der Waals surface area contributed by atoms with E-state index in [-0.39, 0.29) is 11.5 Å². The Morgan fingerprint density at radius 1 is 1.05 bits per heavy atom. The zero-order valence-corrected chi connectivity index (χ0v) is 11.8. The van der Waals surface area contributed by atoms with E-state index in [2.05, 4.69) is 0 Å². The number of benzene rings is 1. The van der Waals surface area contributed by atoms with Gasteiger partial charge in [-0.2, -0.15) is 0 Å². The number of hydrogen-bond donors (Lipinski definition) is 0. The van der Waals surface area contributed by atoms with Gasteiger partial charge in [0.25, 0.3) is 0 Å². The molecule has 1 aliphatic rings. The average molecular weight is 282 g/mol. The van der Waals surface area contributed by atoms with Gasteiger partial charge in [0, 0.05) is 12.2 Å². The highest BCUT2D eigenvalue weighted by Crippen LogP contribution is 2.26. The third kappa shape index (κ3) is 3.31. The Bertz CT molecular complexity index is 646. The summed E-state index contributed by atoms with van der Waals surface area (Å²) in [5.74, 6) is 0.384. The Labute approximate surface area is 124 Å². The van der Waals surface area contributed by atoms with Crippen LogP contribution in [0.2, 0.25) is 0 Å². The zero-order chi connectivity index (χ0) is 14.5. The molecule has 0 spiro atoms. The van der Waals surface area contributed by atoms with Crippen molar-refractivity contribution in [1.29, 1.82) is 0 Å². The lowest BCUT2D eigenvalue weighted by Gasteiger charge is -2.08. The molecule has 0 aromatic heterocycles. The monoisotopic (exact) mass is 282 g/mol. The van der Waals surface area contributed by atoms with Crippen LogP contribution in [-0.4, -0.2) is 6.61 Å². The van der Waals surface area contributed by atoms with Crippen LogP contribution in [0.15, 0.2) is 59.4 Å². The first-order valence-corrected chi connectivity index (χ1v) is 7.26. The van der Waals surface area contributed by atoms with Gasteiger partial charge >= 0.3 is 0 Å². The third-order valence-electron chi connectivity index (χ3n) is 3.63. The van der Waals surface area contributed by atoms with Crippen LogP contribution in [0.1, 0.15) is 30.1 Å². The molecular formula is C18H18O3. The Hall–Kier alpha value is -2.13. The number of rotatable bonds is 4. The second kappa shape index (κ2) is 6.55. The largest absolute Gasteiger partial charge is 0.485 e. The predicted octanol–water partition coefficient (Wildman–Crippen LogP) is 3.48. The molecule has 2 aromatic carbocycles. The molecule has 0 saturated carbocycles. The molecule has 108 valence electrons. The van der Waals surface area contributed by atoms with Crippen molar-refractivity contribution in [3.63, 3.8) is 0 Å². The van der Waals surface area contributed by atoms with Gasteiger partial charge in [0.1, 0.15) is 6.61 Å². The van der Waals surface area contributed by atoms with Gasteiger partial charge in [-0.3, -0.25) is 4.79 Å². The molecule has 0 N–H and O–H groups in total. The van der Waals surface area contributed by atoms with E-state index in [1.165, 1.54) is 0 Å². The molecule has 1 atom stereocenters. The summed E-state index contributed by atoms with van der Waals surface area (Å²) in [5, 5.41) is 0. The maximum Gasteiger partial charge on any atom is 0.226 e. The van der Waals surface area contributed by atoms with Crippen molar-refractivity contribution in [2.45, 2.75) is 25.6 Å². The SMILES string of the molecule is O=c1c(OCc2ccccc2)ccccc1[C@@H]1CCCO1. The van der Waals surface area contributed by atoms with Crippen LogP contribution in [0.4, 0.5) is 0 Å². The summed E-state index contributed by atoms with van der Waals surface area (Å²) in [5.41, 5.74) is 1.67. The van der Waals surface area contributed by atoms with Crippen molar-refractivity contribution >= 4 is 0 Å². The molecule has 1 fully saturated rings. The number of ether oxygens (including phenoxy) is 2. The Morgan fingerprint density at radius 3 is 2.57 bits per heavy atom. The summed E-state index contributed by atoms with van der Waals surface area (Å²) < 4.78 is 11.3. The van der Waals surface area contributed by atoms with Gasteiger partial charge < -0.3 is 9.47 Å². The van der Waals surface area contributed by atoms with E-state index in [4.69, 9.17) is 9.47 Å². The molecule has 1 heterocycles. The van der Waals surface area contributed by atoms with E-state index in [0.717, 1.165) is 25.0 Å². The molecule has 3 rings (SSSR count). The minimum atomic E-state index is -0.0935. The number of hydrogen-bond acceptors (Lipinski definition) is 3. The van der Waals surface area contributed by atoms with Crippen LogP contribution in [0, 0.1) is 0 Å². The van der Waals surface area contributed by atoms with Gasteiger partial charge in [0.15, 0.2) is 5.75 Å². The normalized spacial score (nSPS) is 17.6. The Kier molecular flexibility index (Phi) is 4.31. The standard InChI is InChI=1S/C18H18O3/c19-18-15(16-11-6-12-20-16)9-4-5-10-17(18)21-13-14-7-2-1-3-8-14/h1-5,7-10,16H,6,11-13H2/t16-/m0/s1. The van der Waals surface area contributed by atoms with Gasteiger partial charge in [-0.1, -0.05) is 48.5 Å². The van der Waals surface area contributed by atoms with Crippen LogP contribution < -0.4 is 10.2 Å². The fourth-order valence-corrected chi connectivity index (χ4v) is 2.52. The van der Waals surface area contributed by atoms with E-state index >= 15 is 0 Å². The van der Waals surface area contributed by atoms with Crippen molar-refractivity contribution < 1.29 is 9.47 Å². The Morgan fingerprint density at radius 2 is 1.81 bits per heavy atom. The zero-order valence-electron chi connectivity index (χ0n) is 11.8. The average Bonchev–Trinajstić information content (AvgIpc) is 2.98. The first kappa shape index (κ1) is 13.8. The summed E-state index contributed by atoms with van der Waals surface area (Å²) in [4.78, 5) is 12.6. The molecule has 1 aliphatic heterocycles. The summed E-state index contributed by atoms with van der Waals surface area (Å²) in [6.07, 6.45) is 1.81. The summed E-state index contributed by atoms with van der Waals surface area (Å²) in [6.45, 7) is 1.12. The highest BCUT2D eigenvalue weighted by atomic mass is 16.5. The van der Waals surface area contributed by atoms with E-state index in [1.54, 1.807) is 6.07 Å². The summed E-state index contributed by atoms with van der Waals surface area (Å²) >= 11 is 0. The second-order valence-electron chi connectivity index (χ2n) is 5.14. The molecule has 0 radical (unpaired) electrons. The van der Waals surface area contributed by atoms with Crippen LogP contribution in [-0.2, 0) is 11.3 Å². The maximum absolute atomic E-state index is 12.6. The second-order valence-corrected chi connectivity index (χ2v) is 5.14. The molecule has 0 unspecified atom stereocenters. The van der Waals surface area contributed by atoms with Crippen molar-refractivity contribution in [2.75, 3.05) is 6.61 Å². The van der Waals surface area contributed by atoms with E-state index in [9.17, 15) is 4.79 Å². The fraction of sp³-hybridized carbons (Fsp3) is 0.278. The molecule has 0 aliphatic carbocycles. The lowest BCUT2D eigenvalue weighted by molar-refractivity contribution is 0.111. The predicted molar refractivity (Wildman–Crippen MR) is 81.4 cm³/mol. The fourth-order valence-electron chi connectivity index (χ4n) is 2.52. The van der Waals surface area contributed by atoms with Crippen molar-refractivity contribution in [1.82, 2.24) is 0 Å². The lowest BCUT2D eigenvalue weighted by atomic mass is 10.1. The van der Waals surface area contributed by atoms with Gasteiger partial charge in [-0.05, 0) is 24.5 Å². The molecule has 3 heteroatoms. The van der Waals surface area contributed by atoms with E-state index < -0.39 is 0 Å². The van der Waals surface area contributed by atoms with Gasteiger partial charge in [0.2, 0.25) is 5.43 Å². The van der Waals surface area contributed by atoms with Gasteiger partial charge in [-0.25, -0.2) is 0 Å². The van der Waals surface area contributed by atoms with Crippen LogP contribution in [0.5, 0.6) is 5.75 Å². The van der Waals surface area contributed by atoms with Gasteiger partial charge in [-0.15, -0.1) is 0 Å². The minimum Gasteiger partial charge on any atom is -0.485 e. The van der Waals surface area contributed by atoms with Crippen molar-refractivity contribution in [3.05, 3.63) is 75.9 Å². The highest BCUT2D eigenvalue weighted by molar-refractivity contribution is 5.29. The molecule has 3 nitrogen and oxygen atoms in total. The smallest absolute Gasteiger partial charge is 0.226 e. The minimum absolute atomic E-state index is 0.0668. The first-order valence-electron chi connectivity index (χ1n) is 7.26. The summed E-state index contributed by atoms with van der Waals surface area (Å²) in [6, 6.07) is 17.1. The Balaban J connectivity index is 1.83. The van der Waals surface area contributed by atoms with Gasteiger partial charge in [0.05, 0.1) is 6.10 Å². The van der Waals surface area contributed by atoms with Crippen molar-refractivity contribution in [2.24, 2.45) is 0 Å². The van der Waals surface area contributed by atoms with Crippen LogP contribution in [0.3, 0.4) is 0 Å². The first-order chi connectivity index (χ1) is 10.3. The topological polar surface area (TPSA) is 35.5 Å². The molecule has 21 heavy (non-hydrogen) atoms. The van der Waals surface area contributed by atoms with Crippen LogP contribution in [0.25, 0.3) is 0 Å². The third-order valence-corrected chi connectivity index (χ3v) is 3.63. The maximum atomic E-state index is 12.6. The molecule has 0 bridgehead atoms. The van der Waals surface area contributed by atoms with Crippen molar-refractivity contribution in [3.8, 4) is 5.75 Å². The summed E-state index contributed by atoms with van der Waals surface area (Å²) in [7, 11) is 0. The molecule has 1 saturated heterocycles.